The zero-order chi connectivity index (χ0) is 17.9. The molecule has 1 atom stereocenters. The van der Waals surface area contributed by atoms with Crippen molar-refractivity contribution in [2.45, 2.75) is 19.1 Å². The number of carbonyl (C=O) groups excluding carboxylic acids is 1. The first kappa shape index (κ1) is 15.8. The molecule has 0 aliphatic carbocycles. The number of carbonyl (C=O) groups is 1. The van der Waals surface area contributed by atoms with Crippen LogP contribution in [0.4, 0.5) is 5.95 Å². The van der Waals surface area contributed by atoms with Gasteiger partial charge in [0.05, 0.1) is 24.1 Å². The molecule has 4 rings (SSSR count). The van der Waals surface area contributed by atoms with Crippen molar-refractivity contribution < 1.29 is 9.53 Å². The Morgan fingerprint density at radius 2 is 2.12 bits per heavy atom. The van der Waals surface area contributed by atoms with Crippen molar-refractivity contribution in [1.29, 1.82) is 5.26 Å². The molecule has 0 spiro atoms. The van der Waals surface area contributed by atoms with E-state index in [2.05, 4.69) is 21.5 Å². The number of nitrogens with one attached hydrogen (secondary N) is 1. The lowest BCUT2D eigenvalue weighted by Crippen LogP contribution is -2.29. The number of benzene rings is 2. The molecular weight excluding hydrogens is 330 g/mol. The van der Waals surface area contributed by atoms with Gasteiger partial charge >= 0.3 is 0 Å². The van der Waals surface area contributed by atoms with Crippen LogP contribution in [0.15, 0.2) is 54.9 Å². The number of ether oxygens (including phenoxy) is 1. The van der Waals surface area contributed by atoms with Gasteiger partial charge in [-0.25, -0.2) is 4.68 Å². The van der Waals surface area contributed by atoms with E-state index >= 15 is 0 Å². The molecule has 3 aromatic rings. The Morgan fingerprint density at radius 1 is 1.27 bits per heavy atom. The largest absolute Gasteiger partial charge is 0.489 e. The smallest absolute Gasteiger partial charge is 0.229 e. The van der Waals surface area contributed by atoms with Gasteiger partial charge in [0.2, 0.25) is 11.9 Å². The van der Waals surface area contributed by atoms with E-state index in [9.17, 15) is 4.79 Å². The van der Waals surface area contributed by atoms with Crippen molar-refractivity contribution in [1.82, 2.24) is 14.8 Å². The van der Waals surface area contributed by atoms with Crippen LogP contribution in [-0.4, -0.2) is 20.7 Å². The minimum Gasteiger partial charge on any atom is -0.489 e. The molecule has 7 heteroatoms. The van der Waals surface area contributed by atoms with Gasteiger partial charge in [0.25, 0.3) is 0 Å². The Balaban J connectivity index is 1.52. The summed E-state index contributed by atoms with van der Waals surface area (Å²) in [5.41, 5.74) is 2.53. The van der Waals surface area contributed by atoms with Crippen LogP contribution in [0, 0.1) is 11.3 Å². The predicted octanol–water partition coefficient (Wildman–Crippen LogP) is 2.66. The van der Waals surface area contributed by atoms with E-state index in [-0.39, 0.29) is 11.9 Å². The maximum Gasteiger partial charge on any atom is 0.229 e. The van der Waals surface area contributed by atoms with Crippen molar-refractivity contribution in [2.75, 3.05) is 5.32 Å². The van der Waals surface area contributed by atoms with Gasteiger partial charge < -0.3 is 4.74 Å². The van der Waals surface area contributed by atoms with Gasteiger partial charge in [0, 0.05) is 0 Å². The summed E-state index contributed by atoms with van der Waals surface area (Å²) in [6, 6.07) is 16.8. The monoisotopic (exact) mass is 345 g/mol. The first-order chi connectivity index (χ1) is 12.7. The van der Waals surface area contributed by atoms with E-state index in [1.165, 1.54) is 6.33 Å². The highest BCUT2D eigenvalue weighted by Crippen LogP contribution is 2.30. The molecule has 1 N–H and O–H groups in total. The molecule has 1 aliphatic rings. The predicted molar refractivity (Wildman–Crippen MR) is 93.3 cm³/mol. The third kappa shape index (κ3) is 3.13. The summed E-state index contributed by atoms with van der Waals surface area (Å²) < 4.78 is 7.57. The molecule has 1 amide bonds. The van der Waals surface area contributed by atoms with Crippen LogP contribution in [0.5, 0.6) is 5.75 Å². The average Bonchev–Trinajstić information content (AvgIpc) is 3.14. The second-order valence-corrected chi connectivity index (χ2v) is 5.97. The summed E-state index contributed by atoms with van der Waals surface area (Å²) in [5.74, 6) is 1.08. The highest BCUT2D eigenvalue weighted by Gasteiger charge is 2.27. The Labute approximate surface area is 149 Å². The number of hydrogen-bond donors (Lipinski definition) is 1. The van der Waals surface area contributed by atoms with Crippen molar-refractivity contribution in [3.63, 3.8) is 0 Å². The Bertz CT molecular complexity index is 988. The minimum atomic E-state index is -0.209. The molecule has 2 aromatic carbocycles. The van der Waals surface area contributed by atoms with Crippen molar-refractivity contribution in [2.24, 2.45) is 0 Å². The zero-order valence-electron chi connectivity index (χ0n) is 13.8. The molecule has 0 fully saturated rings. The number of rotatable bonds is 4. The number of nitriles is 1. The Morgan fingerprint density at radius 3 is 2.92 bits per heavy atom. The lowest BCUT2D eigenvalue weighted by Gasteiger charge is -2.24. The van der Waals surface area contributed by atoms with Crippen LogP contribution in [0.2, 0.25) is 0 Å². The summed E-state index contributed by atoms with van der Waals surface area (Å²) in [7, 11) is 0. The molecule has 2 heterocycles. The summed E-state index contributed by atoms with van der Waals surface area (Å²) in [5, 5.41) is 15.8. The van der Waals surface area contributed by atoms with Crippen LogP contribution >= 0.6 is 0 Å². The fraction of sp³-hybridized carbons (Fsp3) is 0.158. The lowest BCUT2D eigenvalue weighted by molar-refractivity contribution is -0.117. The number of anilines is 1. The number of hydrogen-bond acceptors (Lipinski definition) is 5. The number of fused-ring (bicyclic) bond motifs is 1. The molecule has 0 radical (unpaired) electrons. The van der Waals surface area contributed by atoms with Crippen molar-refractivity contribution in [3.8, 4) is 11.8 Å². The molecule has 1 aliphatic heterocycles. The quantitative estimate of drug-likeness (QED) is 0.785. The van der Waals surface area contributed by atoms with Gasteiger partial charge in [-0.1, -0.05) is 24.3 Å². The number of amides is 1. The van der Waals surface area contributed by atoms with Gasteiger partial charge in [-0.05, 0) is 35.4 Å². The molecule has 26 heavy (non-hydrogen) atoms. The average molecular weight is 345 g/mol. The van der Waals surface area contributed by atoms with E-state index < -0.39 is 0 Å². The standard InChI is InChI=1S/C19H15N5O2/c20-10-13-4-6-14(7-5-13)11-26-16-3-1-2-15(8-16)17-9-18(25)23-19-21-12-22-24(17)19/h1-8,12,17H,9,11H2,(H,21,22,23,25). The van der Waals surface area contributed by atoms with Crippen molar-refractivity contribution in [3.05, 3.63) is 71.5 Å². The van der Waals surface area contributed by atoms with Crippen LogP contribution in [-0.2, 0) is 11.4 Å². The van der Waals surface area contributed by atoms with Crippen LogP contribution < -0.4 is 10.1 Å². The molecule has 0 saturated carbocycles. The third-order valence-electron chi connectivity index (χ3n) is 4.23. The maximum absolute atomic E-state index is 11.9. The normalized spacial score (nSPS) is 15.7. The molecule has 7 nitrogen and oxygen atoms in total. The molecule has 1 aromatic heterocycles. The summed E-state index contributed by atoms with van der Waals surface area (Å²) in [6.07, 6.45) is 1.73. The van der Waals surface area contributed by atoms with Crippen molar-refractivity contribution >= 4 is 11.9 Å². The lowest BCUT2D eigenvalue weighted by atomic mass is 10.0. The first-order valence-corrected chi connectivity index (χ1v) is 8.14. The van der Waals surface area contributed by atoms with Crippen LogP contribution in [0.25, 0.3) is 0 Å². The van der Waals surface area contributed by atoms with Gasteiger partial charge in [-0.15, -0.1) is 0 Å². The molecular formula is C19H15N5O2. The first-order valence-electron chi connectivity index (χ1n) is 8.14. The maximum atomic E-state index is 11.9. The number of nitrogens with zero attached hydrogens (tertiary/aromatic N) is 4. The second-order valence-electron chi connectivity index (χ2n) is 5.97. The molecule has 128 valence electrons. The van der Waals surface area contributed by atoms with E-state index in [1.807, 2.05) is 36.4 Å². The topological polar surface area (TPSA) is 92.8 Å². The van der Waals surface area contributed by atoms with E-state index in [4.69, 9.17) is 10.00 Å². The van der Waals surface area contributed by atoms with Crippen LogP contribution in [0.3, 0.4) is 0 Å². The van der Waals surface area contributed by atoms with E-state index in [1.54, 1.807) is 16.8 Å². The Hall–Kier alpha value is -3.66. The van der Waals surface area contributed by atoms with Gasteiger partial charge in [-0.2, -0.15) is 15.3 Å². The van der Waals surface area contributed by atoms with E-state index in [0.717, 1.165) is 11.1 Å². The van der Waals surface area contributed by atoms with Crippen LogP contribution in [0.1, 0.15) is 29.2 Å². The molecule has 1 unspecified atom stereocenters. The zero-order valence-corrected chi connectivity index (χ0v) is 13.8. The number of aromatic nitrogens is 3. The second kappa shape index (κ2) is 6.69. The van der Waals surface area contributed by atoms with E-state index in [0.29, 0.717) is 30.3 Å². The highest BCUT2D eigenvalue weighted by atomic mass is 16.5. The summed E-state index contributed by atoms with van der Waals surface area (Å²) in [4.78, 5) is 16.0. The molecule has 0 saturated heterocycles. The Kier molecular flexibility index (Phi) is 4.07. The summed E-state index contributed by atoms with van der Waals surface area (Å²) >= 11 is 0. The minimum absolute atomic E-state index is 0.0839. The highest BCUT2D eigenvalue weighted by molar-refractivity contribution is 5.91. The SMILES string of the molecule is N#Cc1ccc(COc2cccc(C3CC(=O)Nc4ncnn43)c2)cc1. The van der Waals surface area contributed by atoms with Gasteiger partial charge in [0.1, 0.15) is 18.7 Å². The van der Waals surface area contributed by atoms with Gasteiger partial charge in [-0.3, -0.25) is 10.1 Å². The molecule has 0 bridgehead atoms. The third-order valence-corrected chi connectivity index (χ3v) is 4.23. The fourth-order valence-electron chi connectivity index (χ4n) is 2.92. The van der Waals surface area contributed by atoms with Gasteiger partial charge in [0.15, 0.2) is 0 Å². The summed E-state index contributed by atoms with van der Waals surface area (Å²) in [6.45, 7) is 0.398. The fourth-order valence-corrected chi connectivity index (χ4v) is 2.92.